The van der Waals surface area contributed by atoms with Gasteiger partial charge in [0.1, 0.15) is 0 Å². The van der Waals surface area contributed by atoms with Crippen molar-refractivity contribution in [2.24, 2.45) is 0 Å². The molecule has 0 radical (unpaired) electrons. The molecule has 6 heteroatoms. The fourth-order valence-electron chi connectivity index (χ4n) is 4.88. The summed E-state index contributed by atoms with van der Waals surface area (Å²) >= 11 is 7.27. The molecule has 2 atom stereocenters. The largest absolute Gasteiger partial charge is 0.454 e. The number of hydrogen-bond donors (Lipinski definition) is 0. The molecule has 2 aliphatic rings. The van der Waals surface area contributed by atoms with Crippen molar-refractivity contribution < 1.29 is 9.47 Å². The van der Waals surface area contributed by atoms with Crippen molar-refractivity contribution in [2.45, 2.75) is 71.2 Å². The van der Waals surface area contributed by atoms with Gasteiger partial charge in [0.2, 0.25) is 6.79 Å². The van der Waals surface area contributed by atoms with Crippen LogP contribution >= 0.6 is 23.5 Å². The van der Waals surface area contributed by atoms with E-state index in [1.807, 2.05) is 24.9 Å². The second kappa shape index (κ2) is 14.2. The first-order valence-corrected chi connectivity index (χ1v) is 14.6. The Balaban J connectivity index is 0.000000695. The van der Waals surface area contributed by atoms with Gasteiger partial charge in [-0.3, -0.25) is 0 Å². The molecule has 202 valence electrons. The molecule has 2 heterocycles. The van der Waals surface area contributed by atoms with Crippen LogP contribution in [0.25, 0.3) is 0 Å². The Bertz CT molecular complexity index is 1060. The molecule has 0 spiro atoms. The molecule has 2 aromatic rings. The molecule has 2 aliphatic heterocycles. The molecule has 37 heavy (non-hydrogen) atoms. The summed E-state index contributed by atoms with van der Waals surface area (Å²) < 4.78 is 13.9. The third-order valence-electron chi connectivity index (χ3n) is 6.75. The van der Waals surface area contributed by atoms with Crippen LogP contribution in [0.5, 0.6) is 11.5 Å². The van der Waals surface area contributed by atoms with E-state index < -0.39 is 0 Å². The lowest BCUT2D eigenvalue weighted by atomic mass is 9.81. The zero-order chi connectivity index (χ0) is 26.8. The number of halogens is 1. The van der Waals surface area contributed by atoms with Crippen LogP contribution in [0.3, 0.4) is 0 Å². The maximum absolute atomic E-state index is 5.78. The van der Waals surface area contributed by atoms with Crippen molar-refractivity contribution in [3.8, 4) is 11.5 Å². The fourth-order valence-corrected chi connectivity index (χ4v) is 5.98. The average molecular weight is 543 g/mol. The number of alkyl halides is 1. The van der Waals surface area contributed by atoms with Gasteiger partial charge in [0.25, 0.3) is 0 Å². The summed E-state index contributed by atoms with van der Waals surface area (Å²) in [4.78, 5) is 3.92. The predicted molar refractivity (Wildman–Crippen MR) is 161 cm³/mol. The number of para-hydroxylation sites is 2. The second-order valence-electron chi connectivity index (χ2n) is 9.99. The normalized spacial score (nSPS) is 18.9. The summed E-state index contributed by atoms with van der Waals surface area (Å²) in [5, 5.41) is 0.120. The van der Waals surface area contributed by atoms with E-state index in [-0.39, 0.29) is 10.8 Å². The van der Waals surface area contributed by atoms with E-state index in [0.29, 0.717) is 6.79 Å². The van der Waals surface area contributed by atoms with Gasteiger partial charge in [0, 0.05) is 48.2 Å². The van der Waals surface area contributed by atoms with Crippen LogP contribution in [0.2, 0.25) is 0 Å². The van der Waals surface area contributed by atoms with E-state index in [1.54, 1.807) is 6.08 Å². The summed E-state index contributed by atoms with van der Waals surface area (Å²) in [6, 6.07) is 15.2. The molecule has 0 saturated heterocycles. The Kier molecular flexibility index (Phi) is 11.3. The van der Waals surface area contributed by atoms with Crippen LogP contribution in [-0.4, -0.2) is 36.1 Å². The Morgan fingerprint density at radius 2 is 1.95 bits per heavy atom. The minimum Gasteiger partial charge on any atom is -0.454 e. The maximum Gasteiger partial charge on any atom is 0.231 e. The maximum atomic E-state index is 5.78. The number of hydrogen-bond acceptors (Lipinski definition) is 5. The smallest absolute Gasteiger partial charge is 0.231 e. The highest BCUT2D eigenvalue weighted by atomic mass is 35.5. The van der Waals surface area contributed by atoms with Crippen molar-refractivity contribution in [2.75, 3.05) is 31.3 Å². The van der Waals surface area contributed by atoms with Crippen LogP contribution in [-0.2, 0) is 12.0 Å². The highest BCUT2D eigenvalue weighted by molar-refractivity contribution is 8.00. The van der Waals surface area contributed by atoms with Gasteiger partial charge >= 0.3 is 0 Å². The van der Waals surface area contributed by atoms with E-state index in [1.165, 1.54) is 28.1 Å². The van der Waals surface area contributed by atoms with E-state index in [4.69, 9.17) is 21.1 Å². The van der Waals surface area contributed by atoms with Crippen molar-refractivity contribution in [3.63, 3.8) is 0 Å². The molecule has 0 aliphatic carbocycles. The Hall–Kier alpha value is -2.08. The molecular weight excluding hydrogens is 500 g/mol. The molecule has 4 nitrogen and oxygen atoms in total. The topological polar surface area (TPSA) is 24.9 Å². The molecule has 0 amide bonds. The minimum atomic E-state index is 0.120. The lowest BCUT2D eigenvalue weighted by Crippen LogP contribution is -2.34. The SMILES string of the molecule is C=CC(C)Cl.CC/C=C(\C)SN(CCC)CCC1(C)CN(Cc2cccc3c2OCO3)c2ccccc21. The van der Waals surface area contributed by atoms with Crippen LogP contribution in [0.4, 0.5) is 5.69 Å². The summed E-state index contributed by atoms with van der Waals surface area (Å²) in [6.45, 7) is 18.8. The van der Waals surface area contributed by atoms with E-state index in [9.17, 15) is 0 Å². The Morgan fingerprint density at radius 1 is 1.19 bits per heavy atom. The number of fused-ring (bicyclic) bond motifs is 2. The van der Waals surface area contributed by atoms with Gasteiger partial charge in [0.05, 0.1) is 0 Å². The molecule has 0 N–H and O–H groups in total. The first kappa shape index (κ1) is 29.5. The molecule has 0 aromatic heterocycles. The third kappa shape index (κ3) is 7.95. The average Bonchev–Trinajstić information content (AvgIpc) is 3.47. The highest BCUT2D eigenvalue weighted by Crippen LogP contribution is 2.45. The summed E-state index contributed by atoms with van der Waals surface area (Å²) in [5.74, 6) is 1.77. The molecule has 2 aromatic carbocycles. The number of rotatable bonds is 11. The summed E-state index contributed by atoms with van der Waals surface area (Å²) in [7, 11) is 0. The second-order valence-corrected chi connectivity index (χ2v) is 12.0. The number of allylic oxidation sites excluding steroid dienone is 3. The number of nitrogens with zero attached hydrogens (tertiary/aromatic N) is 2. The number of anilines is 1. The Morgan fingerprint density at radius 3 is 2.65 bits per heavy atom. The monoisotopic (exact) mass is 542 g/mol. The van der Waals surface area contributed by atoms with Gasteiger partial charge in [-0.1, -0.05) is 63.3 Å². The number of benzene rings is 2. The van der Waals surface area contributed by atoms with Crippen LogP contribution in [0.15, 0.2) is 66.1 Å². The predicted octanol–water partition coefficient (Wildman–Crippen LogP) is 8.56. The number of ether oxygens (including phenoxy) is 2. The lowest BCUT2D eigenvalue weighted by molar-refractivity contribution is 0.173. The van der Waals surface area contributed by atoms with Crippen molar-refractivity contribution >= 4 is 29.2 Å². The van der Waals surface area contributed by atoms with Crippen LogP contribution in [0.1, 0.15) is 65.0 Å². The molecule has 4 rings (SSSR count). The summed E-state index contributed by atoms with van der Waals surface area (Å²) in [5.41, 5.74) is 4.14. The van der Waals surface area contributed by atoms with Gasteiger partial charge < -0.3 is 14.4 Å². The van der Waals surface area contributed by atoms with Gasteiger partial charge in [-0.15, -0.1) is 18.2 Å². The molecule has 0 fully saturated rings. The summed E-state index contributed by atoms with van der Waals surface area (Å²) in [6.07, 6.45) is 7.41. The van der Waals surface area contributed by atoms with Crippen molar-refractivity contribution in [3.05, 3.63) is 77.2 Å². The van der Waals surface area contributed by atoms with E-state index >= 15 is 0 Å². The van der Waals surface area contributed by atoms with Crippen LogP contribution < -0.4 is 14.4 Å². The minimum absolute atomic E-state index is 0.120. The van der Waals surface area contributed by atoms with Crippen LogP contribution in [0, 0.1) is 0 Å². The van der Waals surface area contributed by atoms with E-state index in [0.717, 1.165) is 50.5 Å². The Labute approximate surface area is 233 Å². The van der Waals surface area contributed by atoms with Gasteiger partial charge in [0.15, 0.2) is 11.5 Å². The lowest BCUT2D eigenvalue weighted by Gasteiger charge is -2.30. The van der Waals surface area contributed by atoms with Gasteiger partial charge in [-0.2, -0.15) is 0 Å². The van der Waals surface area contributed by atoms with Crippen molar-refractivity contribution in [1.29, 1.82) is 0 Å². The van der Waals surface area contributed by atoms with Gasteiger partial charge in [-0.05, 0) is 67.7 Å². The van der Waals surface area contributed by atoms with E-state index in [2.05, 4.69) is 86.0 Å². The third-order valence-corrected chi connectivity index (χ3v) is 8.01. The van der Waals surface area contributed by atoms with Crippen molar-refractivity contribution in [1.82, 2.24) is 4.31 Å². The zero-order valence-electron chi connectivity index (χ0n) is 23.1. The first-order chi connectivity index (χ1) is 17.8. The molecule has 0 saturated carbocycles. The van der Waals surface area contributed by atoms with Gasteiger partial charge in [-0.25, -0.2) is 4.31 Å². The fraction of sp³-hybridized carbons (Fsp3) is 0.484. The quantitative estimate of drug-likeness (QED) is 0.161. The highest BCUT2D eigenvalue weighted by Gasteiger charge is 2.39. The standard InChI is InChI=1S/C27H36N2O2S.C4H7Cl/c1-5-10-21(3)32-29(16-6-2)17-15-27(4)19-28(24-13-8-7-12-23(24)27)18-22-11-9-14-25-26(22)31-20-30-25;1-3-4(2)5/h7-14H,5-6,15-20H2,1-4H3;3-4H,1H2,2H3/b21-10+;. The molecule has 2 unspecified atom stereocenters. The molecular formula is C31H43ClN2O2S. The first-order valence-electron chi connectivity index (χ1n) is 13.4. The molecule has 0 bridgehead atoms. The zero-order valence-corrected chi connectivity index (χ0v) is 24.7.